The molecule has 0 aliphatic carbocycles. The Kier molecular flexibility index (Phi) is 4.64. The average molecular weight is 416 g/mol. The zero-order valence-corrected chi connectivity index (χ0v) is 16.7. The predicted octanol–water partition coefficient (Wildman–Crippen LogP) is 4.64. The number of carbonyl (C=O) groups excluding carboxylic acids is 2. The maximum absolute atomic E-state index is 12.8. The standard InChI is InChI=1S/C19H14ClN3O2S2/c1-10(24)23-7-6-11-13(8-21)19(27-15(11)9-23)22-18(25)17-16(20)12-4-2-3-5-14(12)26-17/h2-5H,6-7,9H2,1H3,(H,22,25). The highest BCUT2D eigenvalue weighted by Gasteiger charge is 2.27. The predicted molar refractivity (Wildman–Crippen MR) is 109 cm³/mol. The van der Waals surface area contributed by atoms with E-state index in [4.69, 9.17) is 11.6 Å². The van der Waals surface area contributed by atoms with E-state index in [1.807, 2.05) is 24.3 Å². The Hall–Kier alpha value is -2.40. The van der Waals surface area contributed by atoms with Gasteiger partial charge in [0.05, 0.1) is 17.1 Å². The summed E-state index contributed by atoms with van der Waals surface area (Å²) in [6.07, 6.45) is 0.619. The van der Waals surface area contributed by atoms with E-state index in [9.17, 15) is 14.9 Å². The van der Waals surface area contributed by atoms with Gasteiger partial charge in [-0.2, -0.15) is 5.26 Å². The molecule has 0 saturated heterocycles. The van der Waals surface area contributed by atoms with Crippen LogP contribution in [0.2, 0.25) is 5.02 Å². The van der Waals surface area contributed by atoms with Crippen LogP contribution >= 0.6 is 34.3 Å². The van der Waals surface area contributed by atoms with Crippen molar-refractivity contribution in [1.29, 1.82) is 5.26 Å². The fourth-order valence-electron chi connectivity index (χ4n) is 3.20. The number of benzene rings is 1. The summed E-state index contributed by atoms with van der Waals surface area (Å²) in [5.41, 5.74) is 1.42. The zero-order chi connectivity index (χ0) is 19.1. The molecule has 1 aliphatic heterocycles. The number of rotatable bonds is 2. The van der Waals surface area contributed by atoms with Gasteiger partial charge in [-0.1, -0.05) is 29.8 Å². The molecule has 0 saturated carbocycles. The Morgan fingerprint density at radius 1 is 1.30 bits per heavy atom. The average Bonchev–Trinajstić information content (AvgIpc) is 3.18. The fourth-order valence-corrected chi connectivity index (χ4v) is 5.82. The highest BCUT2D eigenvalue weighted by atomic mass is 35.5. The maximum atomic E-state index is 12.8. The quantitative estimate of drug-likeness (QED) is 0.662. The Morgan fingerprint density at radius 2 is 2.07 bits per heavy atom. The first kappa shape index (κ1) is 18.0. The summed E-state index contributed by atoms with van der Waals surface area (Å²) in [6, 6.07) is 9.79. The molecule has 0 spiro atoms. The molecule has 0 unspecified atom stereocenters. The molecule has 3 aromatic rings. The number of thiophene rings is 2. The molecule has 1 aliphatic rings. The number of hydrogen-bond donors (Lipinski definition) is 1. The van der Waals surface area contributed by atoms with Crippen molar-refractivity contribution in [2.45, 2.75) is 19.9 Å². The first-order valence-electron chi connectivity index (χ1n) is 8.28. The van der Waals surface area contributed by atoms with E-state index in [-0.39, 0.29) is 11.8 Å². The molecule has 0 atom stereocenters. The zero-order valence-electron chi connectivity index (χ0n) is 14.3. The summed E-state index contributed by atoms with van der Waals surface area (Å²) >= 11 is 9.08. The van der Waals surface area contributed by atoms with E-state index >= 15 is 0 Å². The van der Waals surface area contributed by atoms with Crippen molar-refractivity contribution >= 4 is 61.2 Å². The third kappa shape index (κ3) is 3.10. The molecular formula is C19H14ClN3O2S2. The topological polar surface area (TPSA) is 73.2 Å². The van der Waals surface area contributed by atoms with Gasteiger partial charge in [-0.25, -0.2) is 0 Å². The van der Waals surface area contributed by atoms with Crippen molar-refractivity contribution in [2.75, 3.05) is 11.9 Å². The minimum Gasteiger partial charge on any atom is -0.337 e. The van der Waals surface area contributed by atoms with Crippen molar-refractivity contribution in [3.05, 3.63) is 50.2 Å². The van der Waals surface area contributed by atoms with E-state index in [1.165, 1.54) is 29.6 Å². The van der Waals surface area contributed by atoms with Gasteiger partial charge in [0.25, 0.3) is 5.91 Å². The van der Waals surface area contributed by atoms with Gasteiger partial charge >= 0.3 is 0 Å². The van der Waals surface area contributed by atoms with Crippen LogP contribution in [0, 0.1) is 11.3 Å². The number of anilines is 1. The van der Waals surface area contributed by atoms with Gasteiger partial charge < -0.3 is 10.2 Å². The summed E-state index contributed by atoms with van der Waals surface area (Å²) in [6.45, 7) is 2.60. The van der Waals surface area contributed by atoms with Crippen molar-refractivity contribution in [2.24, 2.45) is 0 Å². The molecule has 136 valence electrons. The van der Waals surface area contributed by atoms with Gasteiger partial charge in [0.2, 0.25) is 5.91 Å². The van der Waals surface area contributed by atoms with Gasteiger partial charge in [-0.3, -0.25) is 9.59 Å². The molecule has 1 aromatic carbocycles. The first-order chi connectivity index (χ1) is 13.0. The third-order valence-electron chi connectivity index (χ3n) is 4.58. The number of carbonyl (C=O) groups is 2. The molecule has 0 fully saturated rings. The van der Waals surface area contributed by atoms with Crippen molar-refractivity contribution in [1.82, 2.24) is 4.90 Å². The number of nitrogens with zero attached hydrogens (tertiary/aromatic N) is 2. The lowest BCUT2D eigenvalue weighted by molar-refractivity contribution is -0.129. The minimum atomic E-state index is -0.320. The Morgan fingerprint density at radius 3 is 2.78 bits per heavy atom. The lowest BCUT2D eigenvalue weighted by atomic mass is 10.0. The minimum absolute atomic E-state index is 0.00945. The molecule has 0 radical (unpaired) electrons. The van der Waals surface area contributed by atoms with Gasteiger partial charge in [0, 0.05) is 28.4 Å². The third-order valence-corrected chi connectivity index (χ3v) is 7.39. The number of halogens is 1. The summed E-state index contributed by atoms with van der Waals surface area (Å²) in [4.78, 5) is 27.6. The summed E-state index contributed by atoms with van der Waals surface area (Å²) < 4.78 is 0.940. The van der Waals surface area contributed by atoms with E-state index < -0.39 is 0 Å². The lowest BCUT2D eigenvalue weighted by Crippen LogP contribution is -2.33. The second kappa shape index (κ2) is 6.97. The number of fused-ring (bicyclic) bond motifs is 2. The first-order valence-corrected chi connectivity index (χ1v) is 10.3. The van der Waals surface area contributed by atoms with Gasteiger partial charge in [-0.05, 0) is 18.1 Å². The SMILES string of the molecule is CC(=O)N1CCc2c(sc(NC(=O)c3sc4ccccc4c3Cl)c2C#N)C1. The van der Waals surface area contributed by atoms with Crippen LogP contribution < -0.4 is 5.32 Å². The highest BCUT2D eigenvalue weighted by molar-refractivity contribution is 7.22. The molecule has 2 amide bonds. The van der Waals surface area contributed by atoms with E-state index in [2.05, 4.69) is 11.4 Å². The Bertz CT molecular complexity index is 1130. The summed E-state index contributed by atoms with van der Waals surface area (Å²) in [7, 11) is 0. The smallest absolute Gasteiger partial charge is 0.267 e. The molecule has 8 heteroatoms. The van der Waals surface area contributed by atoms with E-state index in [0.717, 1.165) is 20.5 Å². The normalized spacial score (nSPS) is 13.3. The van der Waals surface area contributed by atoms with Gasteiger partial charge in [-0.15, -0.1) is 22.7 Å². The second-order valence-electron chi connectivity index (χ2n) is 6.21. The van der Waals surface area contributed by atoms with Crippen LogP contribution in [0.5, 0.6) is 0 Å². The molecular weight excluding hydrogens is 402 g/mol. The molecule has 3 heterocycles. The van der Waals surface area contributed by atoms with Crippen LogP contribution in [0.15, 0.2) is 24.3 Å². The van der Waals surface area contributed by atoms with Crippen LogP contribution in [-0.2, 0) is 17.8 Å². The van der Waals surface area contributed by atoms with Crippen molar-refractivity contribution < 1.29 is 9.59 Å². The second-order valence-corrected chi connectivity index (χ2v) is 8.74. The lowest BCUT2D eigenvalue weighted by Gasteiger charge is -2.25. The summed E-state index contributed by atoms with van der Waals surface area (Å²) in [5, 5.41) is 14.2. The summed E-state index contributed by atoms with van der Waals surface area (Å²) in [5.74, 6) is -0.310. The van der Waals surface area contributed by atoms with Crippen LogP contribution in [0.1, 0.15) is 32.6 Å². The Labute approximate surface area is 168 Å². The molecule has 1 N–H and O–H groups in total. The molecule has 5 nitrogen and oxygen atoms in total. The fraction of sp³-hybridized carbons (Fsp3) is 0.211. The molecule has 2 aromatic heterocycles. The van der Waals surface area contributed by atoms with Crippen molar-refractivity contribution in [3.8, 4) is 6.07 Å². The van der Waals surface area contributed by atoms with Gasteiger partial charge in [0.15, 0.2) is 0 Å². The van der Waals surface area contributed by atoms with Crippen LogP contribution in [0.25, 0.3) is 10.1 Å². The number of amides is 2. The monoisotopic (exact) mass is 415 g/mol. The van der Waals surface area contributed by atoms with E-state index in [0.29, 0.717) is 40.0 Å². The van der Waals surface area contributed by atoms with Crippen LogP contribution in [-0.4, -0.2) is 23.3 Å². The maximum Gasteiger partial charge on any atom is 0.267 e. The number of nitrogens with one attached hydrogen (secondary N) is 1. The number of hydrogen-bond acceptors (Lipinski definition) is 5. The molecule has 27 heavy (non-hydrogen) atoms. The van der Waals surface area contributed by atoms with E-state index in [1.54, 1.807) is 4.90 Å². The van der Waals surface area contributed by atoms with Crippen LogP contribution in [0.3, 0.4) is 0 Å². The molecule has 4 rings (SSSR count). The highest BCUT2D eigenvalue weighted by Crippen LogP contribution is 2.39. The largest absolute Gasteiger partial charge is 0.337 e. The Balaban J connectivity index is 1.66. The molecule has 0 bridgehead atoms. The number of nitriles is 1. The van der Waals surface area contributed by atoms with Crippen molar-refractivity contribution in [3.63, 3.8) is 0 Å². The van der Waals surface area contributed by atoms with Crippen LogP contribution in [0.4, 0.5) is 5.00 Å². The van der Waals surface area contributed by atoms with Gasteiger partial charge in [0.1, 0.15) is 15.9 Å².